The number of nitrogens with zero attached hydrogens (tertiary/aromatic N) is 1. The molecule has 3 rings (SSSR count). The minimum Gasteiger partial charge on any atom is -0.310 e. The Morgan fingerprint density at radius 3 is 2.88 bits per heavy atom. The fourth-order valence-electron chi connectivity index (χ4n) is 3.27. The Labute approximate surface area is 104 Å². The van der Waals surface area contributed by atoms with E-state index in [1.54, 1.807) is 0 Å². The van der Waals surface area contributed by atoms with Crippen LogP contribution in [0.2, 0.25) is 0 Å². The van der Waals surface area contributed by atoms with Gasteiger partial charge in [-0.3, -0.25) is 0 Å². The van der Waals surface area contributed by atoms with Gasteiger partial charge in [-0.2, -0.15) is 0 Å². The molecule has 2 heterocycles. The predicted octanol–water partition coefficient (Wildman–Crippen LogP) is 2.40. The molecule has 2 saturated heterocycles. The molecule has 2 atom stereocenters. The van der Waals surface area contributed by atoms with Crippen molar-refractivity contribution in [3.8, 4) is 0 Å². The van der Waals surface area contributed by atoms with Gasteiger partial charge in [0.2, 0.25) is 0 Å². The SMILES string of the molecule is c1ccc(CNC2CCN3CCCC3C2)cc1. The van der Waals surface area contributed by atoms with Crippen LogP contribution < -0.4 is 5.32 Å². The Morgan fingerprint density at radius 1 is 1.12 bits per heavy atom. The summed E-state index contributed by atoms with van der Waals surface area (Å²) in [6, 6.07) is 12.3. The second-order valence-electron chi connectivity index (χ2n) is 5.42. The van der Waals surface area contributed by atoms with Crippen LogP contribution in [0.25, 0.3) is 0 Å². The highest BCUT2D eigenvalue weighted by Gasteiger charge is 2.31. The molecule has 0 amide bonds. The number of fused-ring (bicyclic) bond motifs is 1. The predicted molar refractivity (Wildman–Crippen MR) is 70.9 cm³/mol. The molecule has 2 aliphatic heterocycles. The number of benzene rings is 1. The first-order valence-electron chi connectivity index (χ1n) is 6.93. The van der Waals surface area contributed by atoms with E-state index < -0.39 is 0 Å². The van der Waals surface area contributed by atoms with Crippen molar-refractivity contribution in [2.24, 2.45) is 0 Å². The summed E-state index contributed by atoms with van der Waals surface area (Å²) >= 11 is 0. The van der Waals surface area contributed by atoms with E-state index in [4.69, 9.17) is 0 Å². The number of nitrogens with one attached hydrogen (secondary N) is 1. The first-order valence-corrected chi connectivity index (χ1v) is 6.93. The topological polar surface area (TPSA) is 15.3 Å². The van der Waals surface area contributed by atoms with Crippen LogP contribution in [0.1, 0.15) is 31.2 Å². The molecule has 2 nitrogen and oxygen atoms in total. The largest absolute Gasteiger partial charge is 0.310 e. The van der Waals surface area contributed by atoms with Crippen molar-refractivity contribution in [2.45, 2.75) is 44.3 Å². The van der Waals surface area contributed by atoms with E-state index >= 15 is 0 Å². The number of hydrogen-bond donors (Lipinski definition) is 1. The lowest BCUT2D eigenvalue weighted by Crippen LogP contribution is -2.45. The maximum Gasteiger partial charge on any atom is 0.0208 e. The van der Waals surface area contributed by atoms with E-state index in [0.29, 0.717) is 0 Å². The van der Waals surface area contributed by atoms with Crippen LogP contribution in [0.3, 0.4) is 0 Å². The smallest absolute Gasteiger partial charge is 0.0208 e. The number of rotatable bonds is 3. The van der Waals surface area contributed by atoms with Crippen LogP contribution in [-0.4, -0.2) is 30.1 Å². The van der Waals surface area contributed by atoms with E-state index in [0.717, 1.165) is 18.6 Å². The molecule has 1 N–H and O–H groups in total. The van der Waals surface area contributed by atoms with Gasteiger partial charge >= 0.3 is 0 Å². The molecule has 0 saturated carbocycles. The monoisotopic (exact) mass is 230 g/mol. The highest BCUT2D eigenvalue weighted by molar-refractivity contribution is 5.14. The van der Waals surface area contributed by atoms with Gasteiger partial charge in [-0.1, -0.05) is 30.3 Å². The molecule has 0 spiro atoms. The molecule has 2 heteroatoms. The summed E-state index contributed by atoms with van der Waals surface area (Å²) < 4.78 is 0. The fraction of sp³-hybridized carbons (Fsp3) is 0.600. The third kappa shape index (κ3) is 2.70. The molecule has 17 heavy (non-hydrogen) atoms. The Bertz CT molecular complexity index is 349. The zero-order valence-corrected chi connectivity index (χ0v) is 10.4. The standard InChI is InChI=1S/C15H22N2/c1-2-5-13(6-3-1)12-16-14-8-10-17-9-4-7-15(17)11-14/h1-3,5-6,14-16H,4,7-12H2. The Morgan fingerprint density at radius 2 is 2.00 bits per heavy atom. The number of piperidine rings is 1. The molecular formula is C15H22N2. The first-order chi connectivity index (χ1) is 8.42. The molecular weight excluding hydrogens is 208 g/mol. The summed E-state index contributed by atoms with van der Waals surface area (Å²) in [6.45, 7) is 3.67. The van der Waals surface area contributed by atoms with Gasteiger partial charge in [0.15, 0.2) is 0 Å². The summed E-state index contributed by atoms with van der Waals surface area (Å²) in [4.78, 5) is 2.68. The van der Waals surface area contributed by atoms with Crippen molar-refractivity contribution < 1.29 is 0 Å². The second kappa shape index (κ2) is 5.19. The van der Waals surface area contributed by atoms with Gasteiger partial charge in [-0.25, -0.2) is 0 Å². The van der Waals surface area contributed by atoms with Gasteiger partial charge in [0, 0.05) is 18.6 Å². The average molecular weight is 230 g/mol. The maximum atomic E-state index is 3.72. The van der Waals surface area contributed by atoms with Crippen LogP contribution in [0.5, 0.6) is 0 Å². The molecule has 2 unspecified atom stereocenters. The highest BCUT2D eigenvalue weighted by Crippen LogP contribution is 2.26. The van der Waals surface area contributed by atoms with Crippen LogP contribution in [0.4, 0.5) is 0 Å². The second-order valence-corrected chi connectivity index (χ2v) is 5.42. The minimum atomic E-state index is 0.731. The summed E-state index contributed by atoms with van der Waals surface area (Å²) in [5.41, 5.74) is 1.40. The third-order valence-corrected chi connectivity index (χ3v) is 4.26. The molecule has 1 aromatic carbocycles. The third-order valence-electron chi connectivity index (χ3n) is 4.26. The van der Waals surface area contributed by atoms with E-state index in [2.05, 4.69) is 40.5 Å². The van der Waals surface area contributed by atoms with Crippen molar-refractivity contribution in [3.63, 3.8) is 0 Å². The minimum absolute atomic E-state index is 0.731. The van der Waals surface area contributed by atoms with E-state index in [1.807, 2.05) is 0 Å². The highest BCUT2D eigenvalue weighted by atomic mass is 15.2. The van der Waals surface area contributed by atoms with E-state index in [1.165, 1.54) is 44.3 Å². The summed E-state index contributed by atoms with van der Waals surface area (Å²) in [5.74, 6) is 0. The van der Waals surface area contributed by atoms with Gasteiger partial charge in [0.1, 0.15) is 0 Å². The molecule has 0 radical (unpaired) electrons. The van der Waals surface area contributed by atoms with Crippen LogP contribution >= 0.6 is 0 Å². The zero-order chi connectivity index (χ0) is 11.5. The van der Waals surface area contributed by atoms with Crippen molar-refractivity contribution >= 4 is 0 Å². The molecule has 2 fully saturated rings. The maximum absolute atomic E-state index is 3.72. The lowest BCUT2D eigenvalue weighted by Gasteiger charge is -2.35. The number of hydrogen-bond acceptors (Lipinski definition) is 2. The van der Waals surface area contributed by atoms with Gasteiger partial charge in [0.05, 0.1) is 0 Å². The quantitative estimate of drug-likeness (QED) is 0.858. The molecule has 92 valence electrons. The van der Waals surface area contributed by atoms with E-state index in [9.17, 15) is 0 Å². The lowest BCUT2D eigenvalue weighted by molar-refractivity contribution is 0.166. The Hall–Kier alpha value is -0.860. The molecule has 0 aliphatic carbocycles. The summed E-state index contributed by atoms with van der Waals surface area (Å²) in [6.07, 6.45) is 5.51. The Kier molecular flexibility index (Phi) is 3.44. The van der Waals surface area contributed by atoms with Gasteiger partial charge < -0.3 is 10.2 Å². The molecule has 2 aliphatic rings. The summed E-state index contributed by atoms with van der Waals surface area (Å²) in [5, 5.41) is 3.72. The lowest BCUT2D eigenvalue weighted by atomic mass is 9.97. The zero-order valence-electron chi connectivity index (χ0n) is 10.4. The average Bonchev–Trinajstić information content (AvgIpc) is 2.85. The van der Waals surface area contributed by atoms with Crippen molar-refractivity contribution in [2.75, 3.05) is 13.1 Å². The van der Waals surface area contributed by atoms with E-state index in [-0.39, 0.29) is 0 Å². The Balaban J connectivity index is 1.50. The molecule has 1 aromatic rings. The van der Waals surface area contributed by atoms with Crippen LogP contribution in [0.15, 0.2) is 30.3 Å². The van der Waals surface area contributed by atoms with Gasteiger partial charge in [-0.05, 0) is 44.3 Å². The van der Waals surface area contributed by atoms with Crippen molar-refractivity contribution in [1.29, 1.82) is 0 Å². The van der Waals surface area contributed by atoms with Gasteiger partial charge in [-0.15, -0.1) is 0 Å². The first kappa shape index (κ1) is 11.2. The van der Waals surface area contributed by atoms with Crippen LogP contribution in [0, 0.1) is 0 Å². The van der Waals surface area contributed by atoms with Crippen molar-refractivity contribution in [1.82, 2.24) is 10.2 Å². The molecule has 0 bridgehead atoms. The molecule has 0 aromatic heterocycles. The van der Waals surface area contributed by atoms with Crippen LogP contribution in [-0.2, 0) is 6.54 Å². The normalized spacial score (nSPS) is 29.2. The summed E-state index contributed by atoms with van der Waals surface area (Å²) in [7, 11) is 0. The van der Waals surface area contributed by atoms with Crippen molar-refractivity contribution in [3.05, 3.63) is 35.9 Å². The fourth-order valence-corrected chi connectivity index (χ4v) is 3.27. The van der Waals surface area contributed by atoms with Gasteiger partial charge in [0.25, 0.3) is 0 Å².